The van der Waals surface area contributed by atoms with Gasteiger partial charge in [-0.1, -0.05) is 0 Å². The lowest BCUT2D eigenvalue weighted by Gasteiger charge is -2.21. The first kappa shape index (κ1) is 21.6. The van der Waals surface area contributed by atoms with Crippen molar-refractivity contribution in [3.05, 3.63) is 29.8 Å². The molecule has 1 rings (SSSR count). The van der Waals surface area contributed by atoms with Crippen molar-refractivity contribution in [2.75, 3.05) is 18.1 Å². The van der Waals surface area contributed by atoms with Crippen molar-refractivity contribution >= 4 is 23.8 Å². The second kappa shape index (κ2) is 10.6. The zero-order chi connectivity index (χ0) is 19.6. The predicted molar refractivity (Wildman–Crippen MR) is 99.4 cm³/mol. The van der Waals surface area contributed by atoms with Gasteiger partial charge in [-0.3, -0.25) is 0 Å². The molecule has 1 aromatic carbocycles. The average Bonchev–Trinajstić information content (AvgIpc) is 2.55. The quantitative estimate of drug-likeness (QED) is 0.634. The minimum absolute atomic E-state index is 0.288. The van der Waals surface area contributed by atoms with E-state index >= 15 is 0 Å². The zero-order valence-electron chi connectivity index (χ0n) is 15.2. The SMILES string of the molecule is CC(C)(C)OC(=O)NC(CCSCCOc1ccc(C#N)cc1)C(=O)O. The van der Waals surface area contributed by atoms with Crippen LogP contribution in [0.4, 0.5) is 4.79 Å². The summed E-state index contributed by atoms with van der Waals surface area (Å²) >= 11 is 1.53. The highest BCUT2D eigenvalue weighted by molar-refractivity contribution is 7.99. The molecule has 0 bridgehead atoms. The van der Waals surface area contributed by atoms with Crippen molar-refractivity contribution in [1.82, 2.24) is 5.32 Å². The number of benzene rings is 1. The number of amides is 1. The molecule has 0 aliphatic rings. The van der Waals surface area contributed by atoms with E-state index in [4.69, 9.17) is 14.7 Å². The Morgan fingerprint density at radius 3 is 2.46 bits per heavy atom. The number of carboxylic acids is 1. The molecule has 0 saturated carbocycles. The van der Waals surface area contributed by atoms with Crippen LogP contribution in [0.5, 0.6) is 5.75 Å². The van der Waals surface area contributed by atoms with Gasteiger partial charge in [-0.25, -0.2) is 9.59 Å². The van der Waals surface area contributed by atoms with E-state index in [1.165, 1.54) is 11.8 Å². The standard InChI is InChI=1S/C18H24N2O5S/c1-18(2,3)25-17(23)20-15(16(21)22)8-10-26-11-9-24-14-6-4-13(12-19)5-7-14/h4-7,15H,8-11H2,1-3H3,(H,20,23)(H,21,22). The summed E-state index contributed by atoms with van der Waals surface area (Å²) in [6, 6.07) is 7.87. The van der Waals surface area contributed by atoms with Crippen LogP contribution >= 0.6 is 11.8 Å². The van der Waals surface area contributed by atoms with Crippen LogP contribution in [0, 0.1) is 11.3 Å². The Morgan fingerprint density at radius 2 is 1.92 bits per heavy atom. The highest BCUT2D eigenvalue weighted by Gasteiger charge is 2.23. The first-order valence-electron chi connectivity index (χ1n) is 8.14. The van der Waals surface area contributed by atoms with Crippen LogP contribution in [0.2, 0.25) is 0 Å². The maximum absolute atomic E-state index is 11.7. The smallest absolute Gasteiger partial charge is 0.408 e. The number of thioether (sulfide) groups is 1. The minimum atomic E-state index is -1.09. The number of hydrogen-bond donors (Lipinski definition) is 2. The lowest BCUT2D eigenvalue weighted by Crippen LogP contribution is -2.43. The van der Waals surface area contributed by atoms with Crippen LogP contribution in [0.3, 0.4) is 0 Å². The summed E-state index contributed by atoms with van der Waals surface area (Å²) in [5.41, 5.74) is -0.103. The molecule has 1 amide bonds. The molecule has 0 spiro atoms. The first-order chi connectivity index (χ1) is 12.2. The second-order valence-electron chi connectivity index (χ2n) is 6.42. The van der Waals surface area contributed by atoms with Gasteiger partial charge in [-0.15, -0.1) is 0 Å². The number of alkyl carbamates (subject to hydrolysis) is 1. The molecule has 1 atom stereocenters. The molecule has 0 aromatic heterocycles. The minimum Gasteiger partial charge on any atom is -0.493 e. The Morgan fingerprint density at radius 1 is 1.27 bits per heavy atom. The van der Waals surface area contributed by atoms with E-state index in [-0.39, 0.29) is 6.42 Å². The van der Waals surface area contributed by atoms with E-state index in [2.05, 4.69) is 5.32 Å². The monoisotopic (exact) mass is 380 g/mol. The van der Waals surface area contributed by atoms with E-state index in [1.54, 1.807) is 45.0 Å². The molecular formula is C18H24N2O5S. The summed E-state index contributed by atoms with van der Waals surface area (Å²) in [5.74, 6) is 0.826. The molecule has 0 fully saturated rings. The zero-order valence-corrected chi connectivity index (χ0v) is 16.0. The Labute approximate surface area is 157 Å². The van der Waals surface area contributed by atoms with Crippen LogP contribution in [0.25, 0.3) is 0 Å². The van der Waals surface area contributed by atoms with Gasteiger partial charge in [0.1, 0.15) is 17.4 Å². The van der Waals surface area contributed by atoms with E-state index < -0.39 is 23.7 Å². The van der Waals surface area contributed by atoms with Gasteiger partial charge in [0, 0.05) is 5.75 Å². The summed E-state index contributed by atoms with van der Waals surface area (Å²) in [6.45, 7) is 5.61. The Hall–Kier alpha value is -2.40. The summed E-state index contributed by atoms with van der Waals surface area (Å²) in [7, 11) is 0. The van der Waals surface area contributed by atoms with Gasteiger partial charge in [-0.2, -0.15) is 17.0 Å². The summed E-state index contributed by atoms with van der Waals surface area (Å²) in [5, 5.41) is 20.3. The summed E-state index contributed by atoms with van der Waals surface area (Å²) in [4.78, 5) is 22.9. The Kier molecular flexibility index (Phi) is 8.79. The molecule has 0 radical (unpaired) electrons. The van der Waals surface area contributed by atoms with Crippen LogP contribution in [0.15, 0.2) is 24.3 Å². The van der Waals surface area contributed by atoms with Crippen molar-refractivity contribution < 1.29 is 24.2 Å². The van der Waals surface area contributed by atoms with E-state index in [9.17, 15) is 14.7 Å². The van der Waals surface area contributed by atoms with Crippen molar-refractivity contribution in [2.45, 2.75) is 38.8 Å². The van der Waals surface area contributed by atoms with E-state index in [0.29, 0.717) is 29.4 Å². The molecule has 0 saturated heterocycles. The van der Waals surface area contributed by atoms with Gasteiger partial charge in [0.05, 0.1) is 18.2 Å². The van der Waals surface area contributed by atoms with Crippen LogP contribution < -0.4 is 10.1 Å². The maximum Gasteiger partial charge on any atom is 0.408 e. The Balaban J connectivity index is 2.25. The number of ether oxygens (including phenoxy) is 2. The van der Waals surface area contributed by atoms with E-state index in [0.717, 1.165) is 0 Å². The first-order valence-corrected chi connectivity index (χ1v) is 9.30. The fraction of sp³-hybridized carbons (Fsp3) is 0.500. The third-order valence-electron chi connectivity index (χ3n) is 3.02. The van der Waals surface area contributed by atoms with Crippen LogP contribution in [-0.4, -0.2) is 46.9 Å². The van der Waals surface area contributed by atoms with E-state index in [1.807, 2.05) is 6.07 Å². The number of rotatable bonds is 9. The molecule has 26 heavy (non-hydrogen) atoms. The third kappa shape index (κ3) is 9.18. The summed E-state index contributed by atoms with van der Waals surface area (Å²) in [6.07, 6.45) is -0.449. The predicted octanol–water partition coefficient (Wildman–Crippen LogP) is 3.04. The number of carboxylic acid groups (broad SMARTS) is 1. The molecule has 8 heteroatoms. The number of nitriles is 1. The molecule has 142 valence electrons. The molecule has 1 unspecified atom stereocenters. The van der Waals surface area contributed by atoms with Gasteiger partial charge in [-0.05, 0) is 57.2 Å². The van der Waals surface area contributed by atoms with Crippen molar-refractivity contribution in [3.63, 3.8) is 0 Å². The van der Waals surface area contributed by atoms with Gasteiger partial charge in [0.25, 0.3) is 0 Å². The van der Waals surface area contributed by atoms with Crippen molar-refractivity contribution in [3.8, 4) is 11.8 Å². The van der Waals surface area contributed by atoms with Gasteiger partial charge >= 0.3 is 12.1 Å². The molecule has 1 aromatic rings. The van der Waals surface area contributed by atoms with Crippen LogP contribution in [-0.2, 0) is 9.53 Å². The van der Waals surface area contributed by atoms with Gasteiger partial charge < -0.3 is 19.9 Å². The molecule has 2 N–H and O–H groups in total. The number of nitrogens with one attached hydrogen (secondary N) is 1. The highest BCUT2D eigenvalue weighted by Crippen LogP contribution is 2.13. The van der Waals surface area contributed by atoms with Crippen molar-refractivity contribution in [1.29, 1.82) is 5.26 Å². The largest absolute Gasteiger partial charge is 0.493 e. The molecule has 0 aliphatic heterocycles. The van der Waals surface area contributed by atoms with Crippen LogP contribution in [0.1, 0.15) is 32.8 Å². The molecule has 0 heterocycles. The van der Waals surface area contributed by atoms with Crippen molar-refractivity contribution in [2.24, 2.45) is 0 Å². The average molecular weight is 380 g/mol. The number of hydrogen-bond acceptors (Lipinski definition) is 6. The fourth-order valence-corrected chi connectivity index (χ4v) is 2.66. The second-order valence-corrected chi connectivity index (χ2v) is 7.65. The fourth-order valence-electron chi connectivity index (χ4n) is 1.85. The van der Waals surface area contributed by atoms with Gasteiger partial charge in [0.2, 0.25) is 0 Å². The molecule has 7 nitrogen and oxygen atoms in total. The lowest BCUT2D eigenvalue weighted by molar-refractivity contribution is -0.139. The van der Waals surface area contributed by atoms with Gasteiger partial charge in [0.15, 0.2) is 0 Å². The third-order valence-corrected chi connectivity index (χ3v) is 4.00. The summed E-state index contributed by atoms with van der Waals surface area (Å²) < 4.78 is 10.6. The Bertz CT molecular complexity index is 634. The topological polar surface area (TPSA) is 109 Å². The highest BCUT2D eigenvalue weighted by atomic mass is 32.2. The number of carbonyl (C=O) groups excluding carboxylic acids is 1. The normalized spacial score (nSPS) is 11.9. The lowest BCUT2D eigenvalue weighted by atomic mass is 10.2. The maximum atomic E-state index is 11.7. The number of aliphatic carboxylic acids is 1. The number of nitrogens with zero attached hydrogens (tertiary/aromatic N) is 1. The molecular weight excluding hydrogens is 356 g/mol. The number of carbonyl (C=O) groups is 2. The molecule has 0 aliphatic carbocycles.